The number of benzene rings is 2. The Balaban J connectivity index is 1.89. The molecule has 1 N–H and O–H groups in total. The maximum Gasteiger partial charge on any atom is 0.127 e. The number of piperidine rings is 1. The molecule has 2 aromatic carbocycles. The SMILES string of the molecule is c1ccc2c(OC3CCNCC3)cccc2c1. The fraction of sp³-hybridized carbons (Fsp3) is 0.333. The zero-order valence-electron chi connectivity index (χ0n) is 9.86. The van der Waals surface area contributed by atoms with Gasteiger partial charge in [-0.2, -0.15) is 0 Å². The number of hydrogen-bond donors (Lipinski definition) is 1. The molecule has 0 bridgehead atoms. The Morgan fingerprint density at radius 2 is 1.71 bits per heavy atom. The van der Waals surface area contributed by atoms with Gasteiger partial charge in [0, 0.05) is 5.39 Å². The van der Waals surface area contributed by atoms with Crippen molar-refractivity contribution in [2.45, 2.75) is 18.9 Å². The van der Waals surface area contributed by atoms with Gasteiger partial charge in [0.25, 0.3) is 0 Å². The number of fused-ring (bicyclic) bond motifs is 1. The summed E-state index contributed by atoms with van der Waals surface area (Å²) >= 11 is 0. The zero-order chi connectivity index (χ0) is 11.5. The van der Waals surface area contributed by atoms with Gasteiger partial charge in [-0.1, -0.05) is 36.4 Å². The van der Waals surface area contributed by atoms with Crippen molar-refractivity contribution in [2.24, 2.45) is 0 Å². The van der Waals surface area contributed by atoms with E-state index in [-0.39, 0.29) is 0 Å². The Morgan fingerprint density at radius 1 is 0.941 bits per heavy atom. The largest absolute Gasteiger partial charge is 0.490 e. The lowest BCUT2D eigenvalue weighted by molar-refractivity contribution is 0.164. The van der Waals surface area contributed by atoms with Crippen molar-refractivity contribution in [2.75, 3.05) is 13.1 Å². The topological polar surface area (TPSA) is 21.3 Å². The van der Waals surface area contributed by atoms with Gasteiger partial charge in [0.15, 0.2) is 0 Å². The van der Waals surface area contributed by atoms with Crippen LogP contribution in [-0.2, 0) is 0 Å². The van der Waals surface area contributed by atoms with E-state index in [9.17, 15) is 0 Å². The smallest absolute Gasteiger partial charge is 0.127 e. The van der Waals surface area contributed by atoms with Gasteiger partial charge in [0.05, 0.1) is 0 Å². The summed E-state index contributed by atoms with van der Waals surface area (Å²) in [6, 6.07) is 14.7. The molecule has 1 saturated heterocycles. The van der Waals surface area contributed by atoms with Crippen LogP contribution in [0, 0.1) is 0 Å². The van der Waals surface area contributed by atoms with Crippen LogP contribution in [0.5, 0.6) is 5.75 Å². The first-order valence-electron chi connectivity index (χ1n) is 6.28. The van der Waals surface area contributed by atoms with E-state index in [1.807, 2.05) is 0 Å². The Kier molecular flexibility index (Phi) is 2.97. The fourth-order valence-corrected chi connectivity index (χ4v) is 2.39. The number of rotatable bonds is 2. The van der Waals surface area contributed by atoms with E-state index in [0.29, 0.717) is 6.10 Å². The second-order valence-corrected chi connectivity index (χ2v) is 4.54. The van der Waals surface area contributed by atoms with Gasteiger partial charge in [0.1, 0.15) is 11.9 Å². The van der Waals surface area contributed by atoms with E-state index in [1.54, 1.807) is 0 Å². The van der Waals surface area contributed by atoms with Crippen molar-refractivity contribution < 1.29 is 4.74 Å². The third-order valence-corrected chi connectivity index (χ3v) is 3.33. The maximum atomic E-state index is 6.13. The Morgan fingerprint density at radius 3 is 2.59 bits per heavy atom. The van der Waals surface area contributed by atoms with Crippen LogP contribution in [0.3, 0.4) is 0 Å². The molecule has 1 heterocycles. The lowest BCUT2D eigenvalue weighted by Crippen LogP contribution is -2.34. The second-order valence-electron chi connectivity index (χ2n) is 4.54. The van der Waals surface area contributed by atoms with Crippen LogP contribution in [0.2, 0.25) is 0 Å². The normalized spacial score (nSPS) is 17.2. The molecule has 17 heavy (non-hydrogen) atoms. The highest BCUT2D eigenvalue weighted by Crippen LogP contribution is 2.27. The van der Waals surface area contributed by atoms with Crippen molar-refractivity contribution in [3.63, 3.8) is 0 Å². The Bertz CT molecular complexity index is 498. The molecule has 2 aromatic rings. The molecule has 0 aromatic heterocycles. The van der Waals surface area contributed by atoms with E-state index in [4.69, 9.17) is 4.74 Å². The van der Waals surface area contributed by atoms with Gasteiger partial charge < -0.3 is 10.1 Å². The summed E-state index contributed by atoms with van der Waals surface area (Å²) in [4.78, 5) is 0. The number of hydrogen-bond acceptors (Lipinski definition) is 2. The van der Waals surface area contributed by atoms with E-state index in [0.717, 1.165) is 31.7 Å². The average molecular weight is 227 g/mol. The predicted octanol–water partition coefficient (Wildman–Crippen LogP) is 2.97. The van der Waals surface area contributed by atoms with Crippen molar-refractivity contribution in [3.8, 4) is 5.75 Å². The third-order valence-electron chi connectivity index (χ3n) is 3.33. The van der Waals surface area contributed by atoms with E-state index in [2.05, 4.69) is 47.8 Å². The third kappa shape index (κ3) is 2.27. The summed E-state index contributed by atoms with van der Waals surface area (Å²) in [5.74, 6) is 1.02. The predicted molar refractivity (Wildman–Crippen MR) is 70.5 cm³/mol. The molecule has 2 heteroatoms. The van der Waals surface area contributed by atoms with Crippen molar-refractivity contribution in [1.29, 1.82) is 0 Å². The van der Waals surface area contributed by atoms with Gasteiger partial charge in [-0.3, -0.25) is 0 Å². The van der Waals surface area contributed by atoms with Crippen molar-refractivity contribution >= 4 is 10.8 Å². The highest BCUT2D eigenvalue weighted by Gasteiger charge is 2.15. The van der Waals surface area contributed by atoms with E-state index >= 15 is 0 Å². The molecule has 1 aliphatic rings. The molecule has 1 fully saturated rings. The van der Waals surface area contributed by atoms with E-state index < -0.39 is 0 Å². The molecule has 0 unspecified atom stereocenters. The monoisotopic (exact) mass is 227 g/mol. The highest BCUT2D eigenvalue weighted by atomic mass is 16.5. The lowest BCUT2D eigenvalue weighted by atomic mass is 10.1. The number of ether oxygens (including phenoxy) is 1. The molecule has 0 spiro atoms. The molecule has 0 amide bonds. The first kappa shape index (κ1) is 10.6. The first-order valence-corrected chi connectivity index (χ1v) is 6.28. The lowest BCUT2D eigenvalue weighted by Gasteiger charge is -2.24. The molecular weight excluding hydrogens is 210 g/mol. The van der Waals surface area contributed by atoms with Crippen molar-refractivity contribution in [3.05, 3.63) is 42.5 Å². The van der Waals surface area contributed by atoms with E-state index in [1.165, 1.54) is 10.8 Å². The summed E-state index contributed by atoms with van der Waals surface area (Å²) < 4.78 is 6.13. The van der Waals surface area contributed by atoms with Crippen LogP contribution in [0.25, 0.3) is 10.8 Å². The van der Waals surface area contributed by atoms with Crippen LogP contribution in [0.15, 0.2) is 42.5 Å². The molecule has 1 aliphatic heterocycles. The molecule has 3 rings (SSSR count). The summed E-state index contributed by atoms with van der Waals surface area (Å²) in [6.07, 6.45) is 2.56. The quantitative estimate of drug-likeness (QED) is 0.851. The maximum absolute atomic E-state index is 6.13. The van der Waals surface area contributed by atoms with Crippen LogP contribution >= 0.6 is 0 Å². The highest BCUT2D eigenvalue weighted by molar-refractivity contribution is 5.88. The average Bonchev–Trinajstić information content (AvgIpc) is 2.40. The molecule has 0 atom stereocenters. The first-order chi connectivity index (χ1) is 8.43. The molecular formula is C15H17NO. The minimum atomic E-state index is 0.363. The van der Waals surface area contributed by atoms with Gasteiger partial charge in [-0.15, -0.1) is 0 Å². The number of nitrogens with one attached hydrogen (secondary N) is 1. The summed E-state index contributed by atoms with van der Waals surface area (Å²) in [7, 11) is 0. The minimum absolute atomic E-state index is 0.363. The van der Waals surface area contributed by atoms with Crippen LogP contribution in [0.1, 0.15) is 12.8 Å². The van der Waals surface area contributed by atoms with Gasteiger partial charge in [-0.25, -0.2) is 0 Å². The molecule has 0 radical (unpaired) electrons. The van der Waals surface area contributed by atoms with Crippen LogP contribution < -0.4 is 10.1 Å². The molecule has 0 aliphatic carbocycles. The fourth-order valence-electron chi connectivity index (χ4n) is 2.39. The van der Waals surface area contributed by atoms with Crippen LogP contribution in [0.4, 0.5) is 0 Å². The zero-order valence-corrected chi connectivity index (χ0v) is 9.86. The van der Waals surface area contributed by atoms with Crippen LogP contribution in [-0.4, -0.2) is 19.2 Å². The summed E-state index contributed by atoms with van der Waals surface area (Å²) in [6.45, 7) is 2.13. The Hall–Kier alpha value is -1.54. The van der Waals surface area contributed by atoms with Gasteiger partial charge in [-0.05, 0) is 37.4 Å². The van der Waals surface area contributed by atoms with Gasteiger partial charge in [0.2, 0.25) is 0 Å². The molecule has 0 saturated carbocycles. The Labute approximate surface area is 102 Å². The minimum Gasteiger partial charge on any atom is -0.490 e. The molecule has 88 valence electrons. The summed E-state index contributed by atoms with van der Waals surface area (Å²) in [5, 5.41) is 5.82. The second kappa shape index (κ2) is 4.76. The summed E-state index contributed by atoms with van der Waals surface area (Å²) in [5.41, 5.74) is 0. The van der Waals surface area contributed by atoms with Crippen molar-refractivity contribution in [1.82, 2.24) is 5.32 Å². The van der Waals surface area contributed by atoms with Gasteiger partial charge >= 0.3 is 0 Å². The molecule has 2 nitrogen and oxygen atoms in total. The standard InChI is InChI=1S/C15H17NO/c1-2-6-14-12(4-1)5-3-7-15(14)17-13-8-10-16-11-9-13/h1-7,13,16H,8-11H2.